The first-order valence-corrected chi connectivity index (χ1v) is 5.49. The lowest BCUT2D eigenvalue weighted by Gasteiger charge is -2.09. The molecule has 1 aromatic heterocycles. The van der Waals surface area contributed by atoms with E-state index in [9.17, 15) is 4.79 Å². The van der Waals surface area contributed by atoms with Gasteiger partial charge in [-0.2, -0.15) is 0 Å². The molecule has 0 radical (unpaired) electrons. The number of H-pyrrole nitrogens is 1. The number of nitrogens with one attached hydrogen (secondary N) is 1. The zero-order valence-electron chi connectivity index (χ0n) is 9.56. The number of hydrogen-bond donors (Lipinski definition) is 1. The summed E-state index contributed by atoms with van der Waals surface area (Å²) in [5, 5.41) is 0. The molecule has 0 fully saturated rings. The lowest BCUT2D eigenvalue weighted by atomic mass is 10.2. The van der Waals surface area contributed by atoms with Crippen LogP contribution in [0.3, 0.4) is 0 Å². The molecular weight excluding hydrogens is 236 g/mol. The molecule has 4 nitrogen and oxygen atoms in total. The molecule has 0 atom stereocenters. The number of aryl methyl sites for hydroxylation is 1. The van der Waals surface area contributed by atoms with Gasteiger partial charge in [-0.25, -0.2) is 0 Å². The van der Waals surface area contributed by atoms with Crippen LogP contribution in [0.5, 0.6) is 5.75 Å². The average Bonchev–Trinajstić information content (AvgIpc) is 2.29. The Morgan fingerprint density at radius 2 is 2.12 bits per heavy atom. The summed E-state index contributed by atoms with van der Waals surface area (Å²) in [5.74, 6) is 0.824. The summed E-state index contributed by atoms with van der Waals surface area (Å²) >= 11 is 5.10. The van der Waals surface area contributed by atoms with E-state index in [1.165, 1.54) is 6.07 Å². The summed E-state index contributed by atoms with van der Waals surface area (Å²) in [6.45, 7) is 1.96. The summed E-state index contributed by atoms with van der Waals surface area (Å²) in [7, 11) is 1.63. The zero-order valence-corrected chi connectivity index (χ0v) is 10.4. The van der Waals surface area contributed by atoms with E-state index in [0.29, 0.717) is 4.77 Å². The minimum absolute atomic E-state index is 0.198. The van der Waals surface area contributed by atoms with Crippen molar-refractivity contribution < 1.29 is 4.74 Å². The fourth-order valence-corrected chi connectivity index (χ4v) is 1.90. The fourth-order valence-electron chi connectivity index (χ4n) is 1.63. The van der Waals surface area contributed by atoms with Crippen LogP contribution >= 0.6 is 12.2 Å². The van der Waals surface area contributed by atoms with Gasteiger partial charge in [-0.15, -0.1) is 0 Å². The Morgan fingerprint density at radius 1 is 1.35 bits per heavy atom. The van der Waals surface area contributed by atoms with Crippen molar-refractivity contribution in [1.82, 2.24) is 9.55 Å². The Morgan fingerprint density at radius 3 is 2.71 bits per heavy atom. The van der Waals surface area contributed by atoms with Gasteiger partial charge in [0.15, 0.2) is 4.77 Å². The van der Waals surface area contributed by atoms with Crippen molar-refractivity contribution in [2.24, 2.45) is 0 Å². The van der Waals surface area contributed by atoms with Crippen molar-refractivity contribution >= 4 is 12.2 Å². The van der Waals surface area contributed by atoms with Crippen LogP contribution in [0.25, 0.3) is 5.69 Å². The minimum Gasteiger partial charge on any atom is -0.496 e. The van der Waals surface area contributed by atoms with Gasteiger partial charge in [0.2, 0.25) is 0 Å². The van der Waals surface area contributed by atoms with Gasteiger partial charge in [-0.05, 0) is 42.9 Å². The molecule has 0 aliphatic heterocycles. The zero-order chi connectivity index (χ0) is 12.4. The van der Waals surface area contributed by atoms with Crippen LogP contribution in [0.2, 0.25) is 0 Å². The maximum atomic E-state index is 11.1. The number of aromatic nitrogens is 2. The number of hydrogen-bond acceptors (Lipinski definition) is 3. The molecule has 0 unspecified atom stereocenters. The fraction of sp³-hybridized carbons (Fsp3) is 0.167. The molecule has 1 heterocycles. The summed E-state index contributed by atoms with van der Waals surface area (Å²) in [6, 6.07) is 7.15. The molecule has 1 N–H and O–H groups in total. The first kappa shape index (κ1) is 11.6. The maximum absolute atomic E-state index is 11.1. The second kappa shape index (κ2) is 4.55. The number of ether oxygens (including phenoxy) is 1. The maximum Gasteiger partial charge on any atom is 0.251 e. The molecule has 88 valence electrons. The summed E-state index contributed by atoms with van der Waals surface area (Å²) in [4.78, 5) is 13.7. The molecule has 2 rings (SSSR count). The summed E-state index contributed by atoms with van der Waals surface area (Å²) < 4.78 is 7.31. The highest BCUT2D eigenvalue weighted by molar-refractivity contribution is 7.71. The van der Waals surface area contributed by atoms with Gasteiger partial charge in [-0.1, -0.05) is 0 Å². The molecule has 2 aromatic rings. The van der Waals surface area contributed by atoms with Crippen LogP contribution < -0.4 is 10.3 Å². The van der Waals surface area contributed by atoms with Gasteiger partial charge < -0.3 is 4.74 Å². The Hall–Kier alpha value is -1.88. The van der Waals surface area contributed by atoms with Crippen LogP contribution in [0.15, 0.2) is 35.3 Å². The molecule has 0 aliphatic rings. The van der Waals surface area contributed by atoms with E-state index < -0.39 is 0 Å². The van der Waals surface area contributed by atoms with Crippen molar-refractivity contribution in [3.8, 4) is 11.4 Å². The quantitative estimate of drug-likeness (QED) is 0.829. The first-order chi connectivity index (χ1) is 8.11. The third-order valence-corrected chi connectivity index (χ3v) is 2.78. The summed E-state index contributed by atoms with van der Waals surface area (Å²) in [6.07, 6.45) is 1.66. The molecular formula is C12H12N2O2S. The largest absolute Gasteiger partial charge is 0.496 e. The van der Waals surface area contributed by atoms with E-state index in [0.717, 1.165) is 17.0 Å². The predicted molar refractivity (Wildman–Crippen MR) is 68.5 cm³/mol. The number of aromatic amines is 1. The smallest absolute Gasteiger partial charge is 0.251 e. The highest BCUT2D eigenvalue weighted by Gasteiger charge is 2.02. The van der Waals surface area contributed by atoms with Crippen LogP contribution in [0, 0.1) is 11.7 Å². The third-order valence-electron chi connectivity index (χ3n) is 2.48. The van der Waals surface area contributed by atoms with Crippen molar-refractivity contribution in [2.75, 3.05) is 7.11 Å². The standard InChI is InChI=1S/C12H12N2O2S/c1-8-7-9(3-4-10(8)16-2)14-6-5-11(15)13-12(14)17/h3-7H,1-2H3,(H,13,15,17). The second-order valence-electron chi connectivity index (χ2n) is 3.63. The number of benzene rings is 1. The average molecular weight is 248 g/mol. The molecule has 0 saturated carbocycles. The Labute approximate surface area is 104 Å². The van der Waals surface area contributed by atoms with Gasteiger partial charge in [0.25, 0.3) is 5.56 Å². The van der Waals surface area contributed by atoms with E-state index in [1.54, 1.807) is 17.9 Å². The Bertz CT molecular complexity index is 658. The molecule has 17 heavy (non-hydrogen) atoms. The van der Waals surface area contributed by atoms with E-state index in [1.807, 2.05) is 25.1 Å². The van der Waals surface area contributed by atoms with Crippen molar-refractivity contribution in [3.63, 3.8) is 0 Å². The van der Waals surface area contributed by atoms with E-state index in [2.05, 4.69) is 4.98 Å². The molecule has 0 bridgehead atoms. The van der Waals surface area contributed by atoms with Crippen LogP contribution in [-0.2, 0) is 0 Å². The van der Waals surface area contributed by atoms with Gasteiger partial charge in [-0.3, -0.25) is 14.3 Å². The Kier molecular flexibility index (Phi) is 3.10. The molecule has 0 amide bonds. The lowest BCUT2D eigenvalue weighted by molar-refractivity contribution is 0.411. The van der Waals surface area contributed by atoms with E-state index in [4.69, 9.17) is 17.0 Å². The highest BCUT2D eigenvalue weighted by Crippen LogP contribution is 2.20. The van der Waals surface area contributed by atoms with Crippen molar-refractivity contribution in [2.45, 2.75) is 6.92 Å². The summed E-state index contributed by atoms with van der Waals surface area (Å²) in [5.41, 5.74) is 1.71. The highest BCUT2D eigenvalue weighted by atomic mass is 32.1. The van der Waals surface area contributed by atoms with Crippen molar-refractivity contribution in [1.29, 1.82) is 0 Å². The number of nitrogens with zero attached hydrogens (tertiary/aromatic N) is 1. The number of rotatable bonds is 2. The van der Waals surface area contributed by atoms with Crippen molar-refractivity contribution in [3.05, 3.63) is 51.2 Å². The van der Waals surface area contributed by atoms with Crippen LogP contribution in [-0.4, -0.2) is 16.7 Å². The van der Waals surface area contributed by atoms with E-state index >= 15 is 0 Å². The molecule has 0 saturated heterocycles. The van der Waals surface area contributed by atoms with Crippen LogP contribution in [0.4, 0.5) is 0 Å². The van der Waals surface area contributed by atoms with E-state index in [-0.39, 0.29) is 5.56 Å². The SMILES string of the molecule is COc1ccc(-n2ccc(=O)[nH]c2=S)cc1C. The molecule has 0 aliphatic carbocycles. The van der Waals surface area contributed by atoms with Gasteiger partial charge in [0.05, 0.1) is 7.11 Å². The van der Waals surface area contributed by atoms with Gasteiger partial charge >= 0.3 is 0 Å². The first-order valence-electron chi connectivity index (χ1n) is 5.09. The normalized spacial score (nSPS) is 10.2. The third kappa shape index (κ3) is 2.29. The topological polar surface area (TPSA) is 47.0 Å². The lowest BCUT2D eigenvalue weighted by Crippen LogP contribution is -2.09. The molecule has 1 aromatic carbocycles. The van der Waals surface area contributed by atoms with Gasteiger partial charge in [0, 0.05) is 18.0 Å². The Balaban J connectivity index is 2.57. The number of methoxy groups -OCH3 is 1. The predicted octanol–water partition coefficient (Wildman–Crippen LogP) is 2.21. The monoisotopic (exact) mass is 248 g/mol. The molecule has 0 spiro atoms. The van der Waals surface area contributed by atoms with Gasteiger partial charge in [0.1, 0.15) is 5.75 Å². The van der Waals surface area contributed by atoms with Crippen LogP contribution in [0.1, 0.15) is 5.56 Å². The molecule has 5 heteroatoms. The second-order valence-corrected chi connectivity index (χ2v) is 4.02. The minimum atomic E-state index is -0.198.